The maximum absolute atomic E-state index is 11.3. The van der Waals surface area contributed by atoms with E-state index in [0.717, 1.165) is 0 Å². The standard InChI is InChI=1S/C9H19NO2.ClH/c1-6(2)7(10)8(11)12-9(3,4)5;/h6-7H,10H2,1-5H3;1H. The van der Waals surface area contributed by atoms with Gasteiger partial charge in [0.05, 0.1) is 0 Å². The van der Waals surface area contributed by atoms with E-state index in [2.05, 4.69) is 0 Å². The fraction of sp³-hybridized carbons (Fsp3) is 0.889. The minimum absolute atomic E-state index is 0. The predicted molar refractivity (Wildman–Crippen MR) is 49.8 cm³/mol. The Kier molecular flexibility index (Phi) is 6.37. The maximum Gasteiger partial charge on any atom is 1.00 e. The molecule has 0 radical (unpaired) electrons. The van der Waals surface area contributed by atoms with Crippen molar-refractivity contribution in [3.05, 3.63) is 0 Å². The zero-order chi connectivity index (χ0) is 9.94. The van der Waals surface area contributed by atoms with Gasteiger partial charge in [-0.1, -0.05) is 13.8 Å². The van der Waals surface area contributed by atoms with Crippen molar-refractivity contribution in [1.82, 2.24) is 0 Å². The lowest BCUT2D eigenvalue weighted by atomic mass is 10.1. The number of carbonyl (C=O) groups excluding carboxylic acids is 1. The molecule has 3 nitrogen and oxygen atoms in total. The van der Waals surface area contributed by atoms with Gasteiger partial charge in [0.1, 0.15) is 11.6 Å². The van der Waals surface area contributed by atoms with Gasteiger partial charge in [0, 0.05) is 0 Å². The summed E-state index contributed by atoms with van der Waals surface area (Å²) in [6, 6.07) is -0.510. The van der Waals surface area contributed by atoms with Crippen LogP contribution in [-0.4, -0.2) is 17.6 Å². The number of nitrogens with two attached hydrogens (primary N) is 1. The molecule has 0 aromatic carbocycles. The second-order valence-corrected chi connectivity index (χ2v) is 4.30. The molecule has 0 heterocycles. The fourth-order valence-corrected chi connectivity index (χ4v) is 0.642. The van der Waals surface area contributed by atoms with Crippen LogP contribution in [0, 0.1) is 5.92 Å². The highest BCUT2D eigenvalue weighted by Crippen LogP contribution is 2.10. The van der Waals surface area contributed by atoms with Crippen LogP contribution in [-0.2, 0) is 9.53 Å². The third-order valence-corrected chi connectivity index (χ3v) is 1.40. The van der Waals surface area contributed by atoms with Gasteiger partial charge in [-0.25, -0.2) is 0 Å². The molecule has 1 atom stereocenters. The average Bonchev–Trinajstić information content (AvgIpc) is 1.82. The molecule has 0 bridgehead atoms. The summed E-state index contributed by atoms with van der Waals surface area (Å²) >= 11 is 0. The lowest BCUT2D eigenvalue weighted by Crippen LogP contribution is -3.00. The Labute approximate surface area is 87.9 Å². The monoisotopic (exact) mass is 209 g/mol. The molecule has 1 unspecified atom stereocenters. The summed E-state index contributed by atoms with van der Waals surface area (Å²) in [5.41, 5.74) is 5.15. The molecule has 0 saturated heterocycles. The summed E-state index contributed by atoms with van der Waals surface area (Å²) in [5, 5.41) is 0. The van der Waals surface area contributed by atoms with Gasteiger partial charge in [-0.2, -0.15) is 0 Å². The quantitative estimate of drug-likeness (QED) is 0.559. The Morgan fingerprint density at radius 2 is 1.77 bits per heavy atom. The summed E-state index contributed by atoms with van der Waals surface area (Å²) in [6.07, 6.45) is 0. The Hall–Kier alpha value is -0.280. The van der Waals surface area contributed by atoms with E-state index in [1.165, 1.54) is 0 Å². The Morgan fingerprint density at radius 3 is 2.00 bits per heavy atom. The Balaban J connectivity index is -0.000000605. The first-order valence-electron chi connectivity index (χ1n) is 4.22. The highest BCUT2D eigenvalue weighted by atomic mass is 35.5. The lowest BCUT2D eigenvalue weighted by molar-refractivity contribution is -0.157. The van der Waals surface area contributed by atoms with Crippen LogP contribution in [0.4, 0.5) is 0 Å². The summed E-state index contributed by atoms with van der Waals surface area (Å²) < 4.78 is 5.10. The third-order valence-electron chi connectivity index (χ3n) is 1.40. The lowest BCUT2D eigenvalue weighted by Gasteiger charge is -2.23. The maximum atomic E-state index is 11.3. The van der Waals surface area contributed by atoms with Crippen molar-refractivity contribution < 1.29 is 23.4 Å². The number of rotatable bonds is 2. The smallest absolute Gasteiger partial charge is 1.00 e. The molecule has 0 aliphatic heterocycles. The number of esters is 1. The Bertz CT molecular complexity index is 169. The van der Waals surface area contributed by atoms with Crippen molar-refractivity contribution in [2.24, 2.45) is 11.7 Å². The van der Waals surface area contributed by atoms with E-state index in [9.17, 15) is 4.79 Å². The topological polar surface area (TPSA) is 52.3 Å². The second-order valence-electron chi connectivity index (χ2n) is 4.30. The van der Waals surface area contributed by atoms with Crippen LogP contribution in [0.3, 0.4) is 0 Å². The summed E-state index contributed by atoms with van der Waals surface area (Å²) in [6.45, 7) is 9.29. The van der Waals surface area contributed by atoms with E-state index in [4.69, 9.17) is 10.5 Å². The normalized spacial score (nSPS) is 13.5. The van der Waals surface area contributed by atoms with Gasteiger partial charge >= 0.3 is 7.40 Å². The molecular weight excluding hydrogens is 190 g/mol. The number of ether oxygens (including phenoxy) is 1. The molecule has 4 heteroatoms. The largest absolute Gasteiger partial charge is 1.00 e. The molecule has 0 fully saturated rings. The zero-order valence-corrected chi connectivity index (χ0v) is 9.68. The molecule has 2 N–H and O–H groups in total. The van der Waals surface area contributed by atoms with Crippen molar-refractivity contribution in [2.45, 2.75) is 46.3 Å². The molecule has 0 amide bonds. The van der Waals surface area contributed by atoms with Gasteiger partial charge in [0.25, 0.3) is 0 Å². The van der Waals surface area contributed by atoms with Crippen molar-refractivity contribution in [3.63, 3.8) is 0 Å². The third kappa shape index (κ3) is 6.84. The minimum atomic E-state index is -0.510. The first-order chi connectivity index (χ1) is 5.24. The van der Waals surface area contributed by atoms with Crippen molar-refractivity contribution >= 4 is 5.97 Å². The molecular formula is C9H20ClNO2. The van der Waals surface area contributed by atoms with Gasteiger partial charge in [-0.15, -0.1) is 0 Å². The van der Waals surface area contributed by atoms with E-state index in [-0.39, 0.29) is 25.7 Å². The van der Waals surface area contributed by atoms with Gasteiger partial charge < -0.3 is 22.9 Å². The van der Waals surface area contributed by atoms with Crippen LogP contribution in [0.5, 0.6) is 0 Å². The van der Waals surface area contributed by atoms with Crippen LogP contribution in [0.1, 0.15) is 36.0 Å². The molecule has 0 rings (SSSR count). The van der Waals surface area contributed by atoms with Crippen LogP contribution < -0.4 is 18.1 Å². The molecule has 0 spiro atoms. The molecule has 0 saturated carbocycles. The van der Waals surface area contributed by atoms with E-state index in [0.29, 0.717) is 0 Å². The van der Waals surface area contributed by atoms with E-state index in [1.54, 1.807) is 0 Å². The molecule has 13 heavy (non-hydrogen) atoms. The first-order valence-corrected chi connectivity index (χ1v) is 4.22. The minimum Gasteiger partial charge on any atom is -1.00 e. The van der Waals surface area contributed by atoms with Crippen molar-refractivity contribution in [3.8, 4) is 0 Å². The number of hydrogen-bond donors (Lipinski definition) is 1. The summed E-state index contributed by atoms with van der Waals surface area (Å²) in [4.78, 5) is 11.3. The zero-order valence-electron chi connectivity index (χ0n) is 9.93. The van der Waals surface area contributed by atoms with Gasteiger partial charge in [0.15, 0.2) is 0 Å². The number of carbonyl (C=O) groups is 1. The second kappa shape index (κ2) is 5.45. The van der Waals surface area contributed by atoms with Crippen LogP contribution in [0.25, 0.3) is 0 Å². The van der Waals surface area contributed by atoms with E-state index in [1.807, 2.05) is 34.6 Å². The Morgan fingerprint density at radius 1 is 1.38 bits per heavy atom. The highest BCUT2D eigenvalue weighted by Gasteiger charge is 2.23. The van der Waals surface area contributed by atoms with Crippen LogP contribution in [0.15, 0.2) is 0 Å². The van der Waals surface area contributed by atoms with Gasteiger partial charge in [-0.3, -0.25) is 4.79 Å². The summed E-state index contributed by atoms with van der Waals surface area (Å²) in [5.74, 6) is -0.197. The van der Waals surface area contributed by atoms with Crippen molar-refractivity contribution in [2.75, 3.05) is 0 Å². The average molecular weight is 210 g/mol. The highest BCUT2D eigenvalue weighted by molar-refractivity contribution is 5.76. The van der Waals surface area contributed by atoms with Gasteiger partial charge in [0.2, 0.25) is 0 Å². The molecule has 0 aliphatic rings. The SMILES string of the molecule is CC(C)C(N)C(=O)OC(C)(C)C.[Cl-].[H+]. The predicted octanol–water partition coefficient (Wildman–Crippen LogP) is -1.57. The van der Waals surface area contributed by atoms with Crippen LogP contribution in [0.2, 0.25) is 0 Å². The molecule has 0 aromatic rings. The molecule has 80 valence electrons. The molecule has 0 aliphatic carbocycles. The number of halogens is 1. The summed E-state index contributed by atoms with van der Waals surface area (Å²) in [7, 11) is 0. The van der Waals surface area contributed by atoms with E-state index < -0.39 is 11.6 Å². The first kappa shape index (κ1) is 15.2. The van der Waals surface area contributed by atoms with Crippen LogP contribution >= 0.6 is 0 Å². The fourth-order valence-electron chi connectivity index (χ4n) is 0.642. The molecule has 0 aromatic heterocycles. The number of hydrogen-bond acceptors (Lipinski definition) is 3. The van der Waals surface area contributed by atoms with Crippen molar-refractivity contribution in [1.29, 1.82) is 0 Å². The van der Waals surface area contributed by atoms with E-state index >= 15 is 0 Å². The van der Waals surface area contributed by atoms with Gasteiger partial charge in [-0.05, 0) is 26.7 Å².